The number of hydrogen-bond donors (Lipinski definition) is 0. The van der Waals surface area contributed by atoms with Crippen molar-refractivity contribution in [3.8, 4) is 44.5 Å². The monoisotopic (exact) mass is 713 g/mol. The van der Waals surface area contributed by atoms with E-state index in [9.17, 15) is 0 Å². The minimum Gasteiger partial charge on any atom is -0.310 e. The van der Waals surface area contributed by atoms with Crippen LogP contribution in [0.3, 0.4) is 0 Å². The quantitative estimate of drug-likeness (QED) is 0.152. The first-order valence-corrected chi connectivity index (χ1v) is 19.4. The van der Waals surface area contributed by atoms with Crippen LogP contribution in [0.4, 0.5) is 17.1 Å². The lowest BCUT2D eigenvalue weighted by Gasteiger charge is -2.35. The Morgan fingerprint density at radius 3 is 1.38 bits per heavy atom. The summed E-state index contributed by atoms with van der Waals surface area (Å²) in [6, 6.07) is 86.2. The van der Waals surface area contributed by atoms with E-state index in [2.05, 4.69) is 241 Å². The molecule has 10 rings (SSSR count). The van der Waals surface area contributed by atoms with Gasteiger partial charge < -0.3 is 4.90 Å². The molecule has 9 aromatic rings. The minimum atomic E-state index is -0.512. The summed E-state index contributed by atoms with van der Waals surface area (Å²) >= 11 is 0. The van der Waals surface area contributed by atoms with E-state index in [1.54, 1.807) is 0 Å². The summed E-state index contributed by atoms with van der Waals surface area (Å²) in [4.78, 5) is 2.47. The Balaban J connectivity index is 1.26. The van der Waals surface area contributed by atoms with Gasteiger partial charge in [-0.15, -0.1) is 0 Å². The van der Waals surface area contributed by atoms with Crippen LogP contribution in [0, 0.1) is 0 Å². The molecule has 0 N–H and O–H groups in total. The molecule has 0 fully saturated rings. The van der Waals surface area contributed by atoms with Crippen molar-refractivity contribution in [2.75, 3.05) is 4.90 Å². The molecule has 0 saturated heterocycles. The van der Waals surface area contributed by atoms with Gasteiger partial charge in [0.05, 0.1) is 11.1 Å². The Kier molecular flexibility index (Phi) is 8.46. The zero-order chi connectivity index (χ0) is 37.3. The molecule has 1 heteroatoms. The third-order valence-corrected chi connectivity index (χ3v) is 11.4. The lowest BCUT2D eigenvalue weighted by molar-refractivity contribution is 0.768. The Morgan fingerprint density at radius 2 is 0.750 bits per heavy atom. The van der Waals surface area contributed by atoms with Crippen LogP contribution in [0.5, 0.6) is 0 Å². The molecule has 0 atom stereocenters. The van der Waals surface area contributed by atoms with Gasteiger partial charge in [-0.05, 0) is 91.5 Å². The van der Waals surface area contributed by atoms with Crippen molar-refractivity contribution in [2.45, 2.75) is 5.41 Å². The topological polar surface area (TPSA) is 3.24 Å². The fourth-order valence-corrected chi connectivity index (χ4v) is 8.93. The number of rotatable bonds is 8. The molecule has 0 amide bonds. The first-order valence-electron chi connectivity index (χ1n) is 19.4. The van der Waals surface area contributed by atoms with E-state index in [0.29, 0.717) is 0 Å². The summed E-state index contributed by atoms with van der Waals surface area (Å²) in [5.74, 6) is 0. The number of hydrogen-bond acceptors (Lipinski definition) is 1. The molecule has 0 unspecified atom stereocenters. The van der Waals surface area contributed by atoms with Gasteiger partial charge in [-0.1, -0.05) is 206 Å². The van der Waals surface area contributed by atoms with Crippen LogP contribution in [-0.2, 0) is 5.41 Å². The molecule has 1 nitrogen and oxygen atoms in total. The second kappa shape index (κ2) is 14.2. The second-order valence-electron chi connectivity index (χ2n) is 14.4. The van der Waals surface area contributed by atoms with Gasteiger partial charge in [0.25, 0.3) is 0 Å². The first kappa shape index (κ1) is 33.4. The smallest absolute Gasteiger partial charge is 0.0714 e. The average Bonchev–Trinajstić information content (AvgIpc) is 3.58. The molecule has 0 spiro atoms. The van der Waals surface area contributed by atoms with Crippen molar-refractivity contribution in [3.63, 3.8) is 0 Å². The van der Waals surface area contributed by atoms with E-state index >= 15 is 0 Å². The summed E-state index contributed by atoms with van der Waals surface area (Å²) in [7, 11) is 0. The zero-order valence-electron chi connectivity index (χ0n) is 31.0. The van der Waals surface area contributed by atoms with Crippen LogP contribution >= 0.6 is 0 Å². The first-order chi connectivity index (χ1) is 27.8. The van der Waals surface area contributed by atoms with Gasteiger partial charge in [-0.3, -0.25) is 0 Å². The van der Waals surface area contributed by atoms with E-state index < -0.39 is 5.41 Å². The molecule has 0 aromatic heterocycles. The molecule has 0 saturated carbocycles. The average molecular weight is 714 g/mol. The fourth-order valence-electron chi connectivity index (χ4n) is 8.93. The zero-order valence-corrected chi connectivity index (χ0v) is 31.0. The van der Waals surface area contributed by atoms with E-state index in [0.717, 1.165) is 17.1 Å². The third kappa shape index (κ3) is 5.56. The van der Waals surface area contributed by atoms with Crippen LogP contribution in [0.25, 0.3) is 44.5 Å². The number of nitrogens with zero attached hydrogens (tertiary/aromatic N) is 1. The van der Waals surface area contributed by atoms with Crippen LogP contribution in [0.1, 0.15) is 22.3 Å². The summed E-state index contributed by atoms with van der Waals surface area (Å²) in [6.07, 6.45) is 0. The largest absolute Gasteiger partial charge is 0.310 e. The SMILES string of the molecule is c1ccc(-c2ccc(N(c3ccc4c(c3)C(c3ccccc3)(c3ccccc3)c3ccccc3-4)c3cccc(-c4ccccc4)c3-c3ccccc3)cc2)cc1. The van der Waals surface area contributed by atoms with Gasteiger partial charge in [0.1, 0.15) is 0 Å². The Bertz CT molecular complexity index is 2720. The van der Waals surface area contributed by atoms with Crippen molar-refractivity contribution in [1.29, 1.82) is 0 Å². The van der Waals surface area contributed by atoms with E-state index in [1.807, 2.05) is 0 Å². The Morgan fingerprint density at radius 1 is 0.286 bits per heavy atom. The van der Waals surface area contributed by atoms with E-state index in [1.165, 1.54) is 66.8 Å². The van der Waals surface area contributed by atoms with Gasteiger partial charge in [-0.25, -0.2) is 0 Å². The van der Waals surface area contributed by atoms with Crippen LogP contribution in [-0.4, -0.2) is 0 Å². The fraction of sp³-hybridized carbons (Fsp3) is 0.0182. The predicted octanol–water partition coefficient (Wildman–Crippen LogP) is 14.5. The standard InChI is InChI=1S/C55H39N/c1-6-19-40(20-7-1)41-33-35-46(36-34-41)56(53-32-18-30-48(42-21-8-2-9-22-42)54(53)43-23-10-3-11-24-43)47-37-38-50-49-29-16-17-31-51(49)55(52(50)39-47,44-25-12-4-13-26-44)45-27-14-5-15-28-45/h1-39H. The molecule has 1 aliphatic carbocycles. The minimum absolute atomic E-state index is 0.512. The number of benzene rings is 9. The highest BCUT2D eigenvalue weighted by molar-refractivity contribution is 5.98. The highest BCUT2D eigenvalue weighted by atomic mass is 15.1. The molecule has 0 bridgehead atoms. The number of anilines is 3. The summed E-state index contributed by atoms with van der Waals surface area (Å²) < 4.78 is 0. The summed E-state index contributed by atoms with van der Waals surface area (Å²) in [5.41, 5.74) is 17.5. The molecule has 0 aliphatic heterocycles. The molecule has 1 aliphatic rings. The molecule has 56 heavy (non-hydrogen) atoms. The van der Waals surface area contributed by atoms with Crippen molar-refractivity contribution in [3.05, 3.63) is 259 Å². The van der Waals surface area contributed by atoms with Crippen molar-refractivity contribution >= 4 is 17.1 Å². The van der Waals surface area contributed by atoms with E-state index in [4.69, 9.17) is 0 Å². The van der Waals surface area contributed by atoms with Gasteiger partial charge in [0.15, 0.2) is 0 Å². The second-order valence-corrected chi connectivity index (χ2v) is 14.4. The molecule has 264 valence electrons. The molecule has 0 radical (unpaired) electrons. The molecule has 0 heterocycles. The van der Waals surface area contributed by atoms with Gasteiger partial charge >= 0.3 is 0 Å². The van der Waals surface area contributed by atoms with Crippen LogP contribution < -0.4 is 4.90 Å². The van der Waals surface area contributed by atoms with Gasteiger partial charge in [0, 0.05) is 16.9 Å². The van der Waals surface area contributed by atoms with Crippen molar-refractivity contribution in [1.82, 2.24) is 0 Å². The van der Waals surface area contributed by atoms with Crippen LogP contribution in [0.2, 0.25) is 0 Å². The molecular weight excluding hydrogens is 675 g/mol. The number of fused-ring (bicyclic) bond motifs is 3. The third-order valence-electron chi connectivity index (χ3n) is 11.4. The maximum Gasteiger partial charge on any atom is 0.0714 e. The predicted molar refractivity (Wildman–Crippen MR) is 235 cm³/mol. The Hall–Kier alpha value is -7.22. The van der Waals surface area contributed by atoms with E-state index in [-0.39, 0.29) is 0 Å². The lowest BCUT2D eigenvalue weighted by atomic mass is 9.67. The van der Waals surface area contributed by atoms with Crippen molar-refractivity contribution in [2.24, 2.45) is 0 Å². The normalized spacial score (nSPS) is 12.4. The van der Waals surface area contributed by atoms with Gasteiger partial charge in [0.2, 0.25) is 0 Å². The summed E-state index contributed by atoms with van der Waals surface area (Å²) in [6.45, 7) is 0. The van der Waals surface area contributed by atoms with Gasteiger partial charge in [-0.2, -0.15) is 0 Å². The Labute approximate surface area is 329 Å². The van der Waals surface area contributed by atoms with Crippen LogP contribution in [0.15, 0.2) is 237 Å². The lowest BCUT2D eigenvalue weighted by Crippen LogP contribution is -2.28. The maximum absolute atomic E-state index is 2.47. The highest BCUT2D eigenvalue weighted by Crippen LogP contribution is 2.57. The highest BCUT2D eigenvalue weighted by Gasteiger charge is 2.46. The maximum atomic E-state index is 2.47. The molecule has 9 aromatic carbocycles. The summed E-state index contributed by atoms with van der Waals surface area (Å²) in [5, 5.41) is 0. The van der Waals surface area contributed by atoms with Crippen molar-refractivity contribution < 1.29 is 0 Å². The molecular formula is C55H39N.